The summed E-state index contributed by atoms with van der Waals surface area (Å²) in [4.78, 5) is 17.3. The standard InChI is InChI=1S/C17H17N3O5S/c1-22-12-7-10(17(21)24-3)11(8-13(12)23-2)18-9-15-19-16(20-25-15)14-5-4-6-26-14/h4-8,18H,9H2,1-3H3. The van der Waals surface area contributed by atoms with Gasteiger partial charge in [-0.2, -0.15) is 4.98 Å². The maximum atomic E-state index is 12.1. The van der Waals surface area contributed by atoms with Gasteiger partial charge in [0.05, 0.1) is 44.0 Å². The summed E-state index contributed by atoms with van der Waals surface area (Å²) in [5.41, 5.74) is 0.813. The summed E-state index contributed by atoms with van der Waals surface area (Å²) in [6.45, 7) is 0.234. The van der Waals surface area contributed by atoms with Crippen molar-refractivity contribution in [2.75, 3.05) is 26.6 Å². The summed E-state index contributed by atoms with van der Waals surface area (Å²) in [5, 5.41) is 8.99. The van der Waals surface area contributed by atoms with Crippen LogP contribution in [0.2, 0.25) is 0 Å². The number of anilines is 1. The minimum atomic E-state index is -0.502. The third kappa shape index (κ3) is 3.62. The number of hydrogen-bond donors (Lipinski definition) is 1. The fourth-order valence-electron chi connectivity index (χ4n) is 2.31. The van der Waals surface area contributed by atoms with Crippen molar-refractivity contribution in [3.8, 4) is 22.2 Å². The minimum Gasteiger partial charge on any atom is -0.493 e. The highest BCUT2D eigenvalue weighted by atomic mass is 32.1. The quantitative estimate of drug-likeness (QED) is 0.629. The highest BCUT2D eigenvalue weighted by Crippen LogP contribution is 2.34. The molecule has 0 radical (unpaired) electrons. The van der Waals surface area contributed by atoms with Crippen molar-refractivity contribution in [1.29, 1.82) is 0 Å². The van der Waals surface area contributed by atoms with Gasteiger partial charge in [0.1, 0.15) is 0 Å². The fourth-order valence-corrected chi connectivity index (χ4v) is 2.96. The average Bonchev–Trinajstić information content (AvgIpc) is 3.36. The first-order chi connectivity index (χ1) is 12.7. The molecule has 0 amide bonds. The van der Waals surface area contributed by atoms with Crippen LogP contribution in [0, 0.1) is 0 Å². The van der Waals surface area contributed by atoms with E-state index in [4.69, 9.17) is 18.7 Å². The molecule has 0 bridgehead atoms. The van der Waals surface area contributed by atoms with Crippen LogP contribution >= 0.6 is 11.3 Å². The number of aromatic nitrogens is 2. The van der Waals surface area contributed by atoms with Gasteiger partial charge in [-0.1, -0.05) is 11.2 Å². The van der Waals surface area contributed by atoms with E-state index < -0.39 is 5.97 Å². The molecule has 1 aromatic carbocycles. The molecule has 0 atom stereocenters. The van der Waals surface area contributed by atoms with Crippen LogP contribution in [0.4, 0.5) is 5.69 Å². The van der Waals surface area contributed by atoms with E-state index in [2.05, 4.69) is 15.5 Å². The zero-order valence-electron chi connectivity index (χ0n) is 14.4. The number of hydrogen-bond acceptors (Lipinski definition) is 9. The van der Waals surface area contributed by atoms with E-state index in [0.717, 1.165) is 4.88 Å². The smallest absolute Gasteiger partial charge is 0.340 e. The molecule has 136 valence electrons. The number of benzene rings is 1. The first-order valence-corrected chi connectivity index (χ1v) is 8.49. The second kappa shape index (κ2) is 7.87. The average molecular weight is 375 g/mol. The lowest BCUT2D eigenvalue weighted by molar-refractivity contribution is 0.0601. The van der Waals surface area contributed by atoms with Gasteiger partial charge < -0.3 is 24.1 Å². The predicted molar refractivity (Wildman–Crippen MR) is 95.8 cm³/mol. The third-order valence-corrected chi connectivity index (χ3v) is 4.43. The third-order valence-electron chi connectivity index (χ3n) is 3.57. The van der Waals surface area contributed by atoms with Crippen LogP contribution in [-0.2, 0) is 11.3 Å². The summed E-state index contributed by atoms with van der Waals surface area (Å²) >= 11 is 1.53. The predicted octanol–water partition coefficient (Wildman–Crippen LogP) is 3.21. The van der Waals surface area contributed by atoms with Gasteiger partial charge in [-0.05, 0) is 11.4 Å². The first kappa shape index (κ1) is 17.7. The number of esters is 1. The number of carbonyl (C=O) groups is 1. The van der Waals surface area contributed by atoms with Crippen molar-refractivity contribution < 1.29 is 23.5 Å². The van der Waals surface area contributed by atoms with Gasteiger partial charge in [0.25, 0.3) is 0 Å². The molecule has 0 spiro atoms. The molecule has 2 aromatic heterocycles. The summed E-state index contributed by atoms with van der Waals surface area (Å²) in [6.07, 6.45) is 0. The number of ether oxygens (including phenoxy) is 3. The van der Waals surface area contributed by atoms with Crippen molar-refractivity contribution >= 4 is 23.0 Å². The Kier molecular flexibility index (Phi) is 5.37. The monoisotopic (exact) mass is 375 g/mol. The summed E-state index contributed by atoms with van der Waals surface area (Å²) in [7, 11) is 4.33. The van der Waals surface area contributed by atoms with Crippen molar-refractivity contribution in [3.63, 3.8) is 0 Å². The molecule has 0 unspecified atom stereocenters. The maximum Gasteiger partial charge on any atom is 0.340 e. The van der Waals surface area contributed by atoms with Crippen LogP contribution in [0.5, 0.6) is 11.5 Å². The molecule has 26 heavy (non-hydrogen) atoms. The van der Waals surface area contributed by atoms with Crippen molar-refractivity contribution in [2.45, 2.75) is 6.54 Å². The Hall–Kier alpha value is -3.07. The first-order valence-electron chi connectivity index (χ1n) is 7.61. The number of thiophene rings is 1. The lowest BCUT2D eigenvalue weighted by atomic mass is 10.1. The molecule has 0 aliphatic carbocycles. The highest BCUT2D eigenvalue weighted by Gasteiger charge is 2.18. The number of rotatable bonds is 7. The van der Waals surface area contributed by atoms with Crippen LogP contribution in [0.25, 0.3) is 10.7 Å². The Labute approximate surface area is 153 Å². The molecule has 3 aromatic rings. The van der Waals surface area contributed by atoms with Gasteiger partial charge in [0, 0.05) is 12.1 Å². The highest BCUT2D eigenvalue weighted by molar-refractivity contribution is 7.13. The molecule has 0 fully saturated rings. The molecule has 8 nitrogen and oxygen atoms in total. The molecule has 2 heterocycles. The van der Waals surface area contributed by atoms with Gasteiger partial charge in [-0.3, -0.25) is 0 Å². The van der Waals surface area contributed by atoms with Crippen LogP contribution < -0.4 is 14.8 Å². The molecule has 3 rings (SSSR count). The molecular formula is C17H17N3O5S. The van der Waals surface area contributed by atoms with E-state index in [1.54, 1.807) is 12.1 Å². The van der Waals surface area contributed by atoms with Crippen molar-refractivity contribution in [3.05, 3.63) is 41.1 Å². The minimum absolute atomic E-state index is 0.234. The van der Waals surface area contributed by atoms with Gasteiger partial charge in [0.15, 0.2) is 11.5 Å². The summed E-state index contributed by atoms with van der Waals surface area (Å²) in [6, 6.07) is 7.04. The van der Waals surface area contributed by atoms with Gasteiger partial charge >= 0.3 is 5.97 Å². The van der Waals surface area contributed by atoms with Crippen molar-refractivity contribution in [2.24, 2.45) is 0 Å². The Balaban J connectivity index is 1.83. The summed E-state index contributed by atoms with van der Waals surface area (Å²) < 4.78 is 20.6. The molecule has 0 aliphatic rings. The lowest BCUT2D eigenvalue weighted by Gasteiger charge is -2.14. The van der Waals surface area contributed by atoms with Crippen molar-refractivity contribution in [1.82, 2.24) is 10.1 Å². The molecule has 0 aliphatic heterocycles. The number of carbonyl (C=O) groups excluding carboxylic acids is 1. The normalized spacial score (nSPS) is 10.4. The Bertz CT molecular complexity index is 892. The molecule has 0 saturated heterocycles. The largest absolute Gasteiger partial charge is 0.493 e. The van der Waals surface area contributed by atoms with Crippen LogP contribution in [0.3, 0.4) is 0 Å². The molecule has 1 N–H and O–H groups in total. The van der Waals surface area contributed by atoms with Gasteiger partial charge in [0.2, 0.25) is 11.7 Å². The van der Waals surface area contributed by atoms with Gasteiger partial charge in [-0.15, -0.1) is 11.3 Å². The van der Waals surface area contributed by atoms with E-state index in [9.17, 15) is 4.79 Å². The van der Waals surface area contributed by atoms with E-state index in [1.165, 1.54) is 32.7 Å². The Morgan fingerprint density at radius 1 is 1.23 bits per heavy atom. The van der Waals surface area contributed by atoms with E-state index in [-0.39, 0.29) is 6.54 Å². The molecular weight excluding hydrogens is 358 g/mol. The van der Waals surface area contributed by atoms with Crippen LogP contribution in [-0.4, -0.2) is 37.4 Å². The fraction of sp³-hybridized carbons (Fsp3) is 0.235. The maximum absolute atomic E-state index is 12.1. The molecule has 0 saturated carbocycles. The topological polar surface area (TPSA) is 95.7 Å². The second-order valence-corrected chi connectivity index (χ2v) is 6.03. The Morgan fingerprint density at radius 2 is 2.00 bits per heavy atom. The van der Waals surface area contributed by atoms with Crippen LogP contribution in [0.15, 0.2) is 34.2 Å². The van der Waals surface area contributed by atoms with Gasteiger partial charge in [-0.25, -0.2) is 4.79 Å². The zero-order chi connectivity index (χ0) is 18.5. The SMILES string of the molecule is COC(=O)c1cc(OC)c(OC)cc1NCc1nc(-c2cccs2)no1. The number of methoxy groups -OCH3 is 3. The Morgan fingerprint density at radius 3 is 2.65 bits per heavy atom. The number of nitrogens with zero attached hydrogens (tertiary/aromatic N) is 2. The summed E-state index contributed by atoms with van der Waals surface area (Å²) in [5.74, 6) is 1.32. The van der Waals surface area contributed by atoms with E-state index in [0.29, 0.717) is 34.5 Å². The van der Waals surface area contributed by atoms with E-state index in [1.807, 2.05) is 17.5 Å². The second-order valence-electron chi connectivity index (χ2n) is 5.09. The molecule has 9 heteroatoms. The zero-order valence-corrected chi connectivity index (χ0v) is 15.3. The number of nitrogens with one attached hydrogen (secondary N) is 1. The van der Waals surface area contributed by atoms with E-state index >= 15 is 0 Å². The lowest BCUT2D eigenvalue weighted by Crippen LogP contribution is -2.09. The van der Waals surface area contributed by atoms with Crippen LogP contribution in [0.1, 0.15) is 16.2 Å².